The van der Waals surface area contributed by atoms with Gasteiger partial charge in [-0.3, -0.25) is 9.59 Å². The van der Waals surface area contributed by atoms with Gasteiger partial charge >= 0.3 is 0 Å². The second kappa shape index (κ2) is 10.1. The Hall–Kier alpha value is -3.02. The molecule has 0 amide bonds. The zero-order chi connectivity index (χ0) is 23.4. The Kier molecular flexibility index (Phi) is 7.44. The van der Waals surface area contributed by atoms with Gasteiger partial charge in [0, 0.05) is 17.2 Å². The number of methoxy groups -OCH3 is 2. The van der Waals surface area contributed by atoms with E-state index in [1.807, 2.05) is 0 Å². The van der Waals surface area contributed by atoms with Crippen LogP contribution in [-0.2, 0) is 4.74 Å². The van der Waals surface area contributed by atoms with Crippen molar-refractivity contribution in [2.45, 2.75) is 30.7 Å². The van der Waals surface area contributed by atoms with E-state index in [0.717, 1.165) is 0 Å². The molecular weight excluding hydrogens is 424 g/mol. The number of aliphatic hydroxyl groups is 4. The molecule has 0 aromatic heterocycles. The molecule has 0 aliphatic carbocycles. The molecule has 2 aromatic carbocycles. The van der Waals surface area contributed by atoms with E-state index in [9.17, 15) is 30.0 Å². The molecule has 1 aliphatic rings. The summed E-state index contributed by atoms with van der Waals surface area (Å²) in [5, 5.41) is 39.3. The molecule has 0 saturated carbocycles. The van der Waals surface area contributed by atoms with Crippen molar-refractivity contribution in [1.82, 2.24) is 0 Å². The molecular formula is C22H24O10. The third-order valence-electron chi connectivity index (χ3n) is 5.04. The lowest BCUT2D eigenvalue weighted by Crippen LogP contribution is -2.60. The maximum Gasteiger partial charge on any atom is 0.233 e. The number of ketones is 2. The lowest BCUT2D eigenvalue weighted by molar-refractivity contribution is -0.277. The van der Waals surface area contributed by atoms with Crippen LogP contribution in [0.2, 0.25) is 0 Å². The average molecular weight is 448 g/mol. The van der Waals surface area contributed by atoms with E-state index in [-0.39, 0.29) is 22.6 Å². The van der Waals surface area contributed by atoms with Gasteiger partial charge in [-0.15, -0.1) is 0 Å². The third-order valence-corrected chi connectivity index (χ3v) is 5.04. The van der Waals surface area contributed by atoms with E-state index in [2.05, 4.69) is 0 Å². The van der Waals surface area contributed by atoms with Gasteiger partial charge in [-0.05, 0) is 36.4 Å². The Labute approximate surface area is 183 Å². The van der Waals surface area contributed by atoms with Crippen LogP contribution < -0.4 is 14.2 Å². The van der Waals surface area contributed by atoms with Gasteiger partial charge in [0.15, 0.2) is 0 Å². The van der Waals surface area contributed by atoms with Crippen molar-refractivity contribution in [2.24, 2.45) is 0 Å². The summed E-state index contributed by atoms with van der Waals surface area (Å²) in [6, 6.07) is 10.0. The van der Waals surface area contributed by atoms with Crippen molar-refractivity contribution in [3.8, 4) is 17.2 Å². The van der Waals surface area contributed by atoms with Gasteiger partial charge in [-0.1, -0.05) is 0 Å². The van der Waals surface area contributed by atoms with Crippen molar-refractivity contribution < 1.29 is 49.0 Å². The van der Waals surface area contributed by atoms with Crippen LogP contribution in [0.15, 0.2) is 42.5 Å². The first-order valence-corrected chi connectivity index (χ1v) is 9.68. The van der Waals surface area contributed by atoms with Crippen LogP contribution in [0.5, 0.6) is 17.2 Å². The molecule has 1 fully saturated rings. The minimum absolute atomic E-state index is 0.000407. The minimum Gasteiger partial charge on any atom is -0.497 e. The molecule has 0 radical (unpaired) electrons. The maximum atomic E-state index is 12.8. The second-order valence-corrected chi connectivity index (χ2v) is 7.10. The molecule has 1 saturated heterocycles. The highest BCUT2D eigenvalue weighted by atomic mass is 16.7. The number of Topliss-reactive ketones (excluding diaryl/α,β-unsaturated/α-hetero) is 2. The van der Waals surface area contributed by atoms with Gasteiger partial charge in [-0.25, -0.2) is 0 Å². The van der Waals surface area contributed by atoms with Crippen molar-refractivity contribution in [3.05, 3.63) is 53.6 Å². The number of aliphatic hydroxyl groups excluding tert-OH is 4. The van der Waals surface area contributed by atoms with Crippen LogP contribution in [0.1, 0.15) is 20.7 Å². The van der Waals surface area contributed by atoms with Gasteiger partial charge in [-0.2, -0.15) is 0 Å². The molecule has 10 heteroatoms. The normalized spacial score (nSPS) is 25.1. The Morgan fingerprint density at radius 2 is 1.41 bits per heavy atom. The van der Waals surface area contributed by atoms with Crippen molar-refractivity contribution >= 4 is 11.6 Å². The largest absolute Gasteiger partial charge is 0.497 e. The molecule has 1 heterocycles. The van der Waals surface area contributed by atoms with Crippen LogP contribution >= 0.6 is 0 Å². The molecule has 0 bridgehead atoms. The van der Waals surface area contributed by atoms with Gasteiger partial charge in [0.2, 0.25) is 17.9 Å². The fourth-order valence-corrected chi connectivity index (χ4v) is 3.19. The van der Waals surface area contributed by atoms with Gasteiger partial charge in [0.05, 0.1) is 20.8 Å². The summed E-state index contributed by atoms with van der Waals surface area (Å²) in [7, 11) is 2.84. The third kappa shape index (κ3) is 4.90. The van der Waals surface area contributed by atoms with E-state index in [4.69, 9.17) is 18.9 Å². The second-order valence-electron chi connectivity index (χ2n) is 7.10. The smallest absolute Gasteiger partial charge is 0.233 e. The van der Waals surface area contributed by atoms with Crippen molar-refractivity contribution in [3.63, 3.8) is 0 Å². The van der Waals surface area contributed by atoms with E-state index in [1.54, 1.807) is 12.1 Å². The first-order chi connectivity index (χ1) is 15.3. The van der Waals surface area contributed by atoms with Crippen molar-refractivity contribution in [2.75, 3.05) is 20.8 Å². The number of carbonyl (C=O) groups excluding carboxylic acids is 2. The predicted molar refractivity (Wildman–Crippen MR) is 109 cm³/mol. The SMILES string of the molecule is COc1ccc(C(=O)C(=O)c2cc(OC)cc(O[C@@H]3O[C@H](CO)[C@@H](O)[C@H](O)[C@H]3O)c2)cc1. The fraction of sp³-hybridized carbons (Fsp3) is 0.364. The first-order valence-electron chi connectivity index (χ1n) is 9.68. The van der Waals surface area contributed by atoms with Crippen LogP contribution in [0, 0.1) is 0 Å². The summed E-state index contributed by atoms with van der Waals surface area (Å²) < 4.78 is 21.1. The van der Waals surface area contributed by atoms with Crippen LogP contribution in [0.4, 0.5) is 0 Å². The standard InChI is InChI=1S/C22H24O10/c1-29-13-5-3-11(4-6-13)17(24)18(25)12-7-14(30-2)9-15(8-12)31-22-21(28)20(27)19(26)16(10-23)32-22/h3-9,16,19-23,26-28H,10H2,1-2H3/t16-,19-,20+,21-,22-/m1/s1. The molecule has 2 aromatic rings. The van der Waals surface area contributed by atoms with E-state index >= 15 is 0 Å². The Balaban J connectivity index is 1.84. The molecule has 32 heavy (non-hydrogen) atoms. The zero-order valence-corrected chi connectivity index (χ0v) is 17.4. The predicted octanol–water partition coefficient (Wildman–Crippen LogP) is -0.0519. The van der Waals surface area contributed by atoms with Crippen LogP contribution in [-0.4, -0.2) is 83.5 Å². The minimum atomic E-state index is -1.64. The molecule has 0 spiro atoms. The van der Waals surface area contributed by atoms with E-state index < -0.39 is 48.9 Å². The summed E-state index contributed by atoms with van der Waals surface area (Å²) in [5.74, 6) is -0.865. The van der Waals surface area contributed by atoms with Crippen LogP contribution in [0.3, 0.4) is 0 Å². The number of hydrogen-bond acceptors (Lipinski definition) is 10. The Morgan fingerprint density at radius 3 is 2.00 bits per heavy atom. The summed E-state index contributed by atoms with van der Waals surface area (Å²) in [5.41, 5.74) is 0.125. The Bertz CT molecular complexity index is 956. The topological polar surface area (TPSA) is 152 Å². The van der Waals surface area contributed by atoms with Gasteiger partial charge < -0.3 is 39.4 Å². The summed E-state index contributed by atoms with van der Waals surface area (Å²) >= 11 is 0. The molecule has 0 unspecified atom stereocenters. The van der Waals surface area contributed by atoms with E-state index in [1.165, 1.54) is 44.6 Å². The molecule has 1 aliphatic heterocycles. The molecule has 10 nitrogen and oxygen atoms in total. The number of carbonyl (C=O) groups is 2. The highest BCUT2D eigenvalue weighted by molar-refractivity contribution is 6.49. The summed E-state index contributed by atoms with van der Waals surface area (Å²) in [6.45, 7) is -0.622. The monoisotopic (exact) mass is 448 g/mol. The zero-order valence-electron chi connectivity index (χ0n) is 17.4. The van der Waals surface area contributed by atoms with E-state index in [0.29, 0.717) is 5.75 Å². The highest BCUT2D eigenvalue weighted by Gasteiger charge is 2.44. The van der Waals surface area contributed by atoms with Gasteiger partial charge in [0.25, 0.3) is 0 Å². The lowest BCUT2D eigenvalue weighted by atomic mass is 9.99. The number of ether oxygens (including phenoxy) is 4. The Morgan fingerprint density at radius 1 is 0.812 bits per heavy atom. The molecule has 4 N–H and O–H groups in total. The number of hydrogen-bond donors (Lipinski definition) is 4. The first kappa shape index (κ1) is 23.6. The summed E-state index contributed by atoms with van der Waals surface area (Å²) in [4.78, 5) is 25.4. The number of benzene rings is 2. The molecule has 3 rings (SSSR count). The van der Waals surface area contributed by atoms with Crippen LogP contribution in [0.25, 0.3) is 0 Å². The highest BCUT2D eigenvalue weighted by Crippen LogP contribution is 2.28. The van der Waals surface area contributed by atoms with Gasteiger partial charge in [0.1, 0.15) is 41.7 Å². The molecule has 5 atom stereocenters. The molecule has 172 valence electrons. The average Bonchev–Trinajstić information content (AvgIpc) is 2.83. The fourth-order valence-electron chi connectivity index (χ4n) is 3.19. The maximum absolute atomic E-state index is 12.8. The lowest BCUT2D eigenvalue weighted by Gasteiger charge is -2.39. The number of rotatable bonds is 8. The quantitative estimate of drug-likeness (QED) is 0.319. The van der Waals surface area contributed by atoms with Crippen molar-refractivity contribution in [1.29, 1.82) is 0 Å². The summed E-state index contributed by atoms with van der Waals surface area (Å²) in [6.07, 6.45) is -7.44.